The van der Waals surface area contributed by atoms with Crippen LogP contribution in [0.5, 0.6) is 0 Å². The Hall–Kier alpha value is -0.830. The van der Waals surface area contributed by atoms with Crippen LogP contribution >= 0.6 is 0 Å². The van der Waals surface area contributed by atoms with Gasteiger partial charge in [0.05, 0.1) is 5.92 Å². The molecule has 0 aromatic carbocycles. The fraction of sp³-hybridized carbons (Fsp3) is 0.769. The number of likely N-dealkylation sites (tertiary alicyclic amines) is 1. The predicted molar refractivity (Wildman–Crippen MR) is 65.1 cm³/mol. The number of allylic oxidation sites excluding steroid dienone is 1. The van der Waals surface area contributed by atoms with Crippen molar-refractivity contribution in [1.29, 1.82) is 0 Å². The van der Waals surface area contributed by atoms with Crippen LogP contribution in [-0.4, -0.2) is 36.5 Å². The Morgan fingerprint density at radius 3 is 2.75 bits per heavy atom. The normalized spacial score (nSPS) is 31.2. The maximum Gasteiger partial charge on any atom is 0.227 e. The molecular formula is C13H22N2O. The lowest BCUT2D eigenvalue weighted by Crippen LogP contribution is -2.46. The van der Waals surface area contributed by atoms with Gasteiger partial charge in [0.15, 0.2) is 0 Å². The van der Waals surface area contributed by atoms with E-state index in [0.29, 0.717) is 11.9 Å². The van der Waals surface area contributed by atoms with E-state index in [4.69, 9.17) is 0 Å². The second kappa shape index (κ2) is 5.48. The van der Waals surface area contributed by atoms with E-state index < -0.39 is 0 Å². The predicted octanol–water partition coefficient (Wildman–Crippen LogP) is 1.55. The minimum absolute atomic E-state index is 0.136. The average Bonchev–Trinajstić information content (AvgIpc) is 2.54. The second-order valence-corrected chi connectivity index (χ2v) is 4.90. The highest BCUT2D eigenvalue weighted by atomic mass is 16.2. The standard InChI is InChI=1S/C13H22N2O/c1-11-12(7-3-4-8-14-11)13(16)15-9-5-2-6-10-15/h3-4,11-12,14H,2,5-10H2,1H3/t11-,12-/m1/s1. The highest BCUT2D eigenvalue weighted by Gasteiger charge is 2.29. The van der Waals surface area contributed by atoms with Gasteiger partial charge in [0.2, 0.25) is 5.91 Å². The van der Waals surface area contributed by atoms with Gasteiger partial charge in [-0.05, 0) is 32.6 Å². The summed E-state index contributed by atoms with van der Waals surface area (Å²) in [5, 5.41) is 3.38. The van der Waals surface area contributed by atoms with Crippen LogP contribution in [-0.2, 0) is 4.79 Å². The van der Waals surface area contributed by atoms with Gasteiger partial charge in [-0.3, -0.25) is 4.79 Å². The van der Waals surface area contributed by atoms with Crippen LogP contribution in [0.2, 0.25) is 0 Å². The van der Waals surface area contributed by atoms with Crippen LogP contribution in [0.1, 0.15) is 32.6 Å². The molecule has 0 spiro atoms. The lowest BCUT2D eigenvalue weighted by Gasteiger charge is -2.32. The Bertz CT molecular complexity index is 269. The van der Waals surface area contributed by atoms with Crippen molar-refractivity contribution in [1.82, 2.24) is 10.2 Å². The van der Waals surface area contributed by atoms with Crippen molar-refractivity contribution >= 4 is 5.91 Å². The van der Waals surface area contributed by atoms with Crippen molar-refractivity contribution in [2.24, 2.45) is 5.92 Å². The van der Waals surface area contributed by atoms with Crippen molar-refractivity contribution in [2.45, 2.75) is 38.6 Å². The zero-order valence-electron chi connectivity index (χ0n) is 10.1. The van der Waals surface area contributed by atoms with E-state index in [1.807, 2.05) is 0 Å². The monoisotopic (exact) mass is 222 g/mol. The minimum atomic E-state index is 0.136. The molecule has 2 aliphatic heterocycles. The molecule has 0 aromatic rings. The number of carbonyl (C=O) groups excluding carboxylic acids is 1. The first-order valence-electron chi connectivity index (χ1n) is 6.46. The van der Waals surface area contributed by atoms with E-state index in [1.54, 1.807) is 0 Å². The average molecular weight is 222 g/mol. The molecule has 3 nitrogen and oxygen atoms in total. The van der Waals surface area contributed by atoms with Gasteiger partial charge in [0, 0.05) is 25.7 Å². The third-order valence-corrected chi connectivity index (χ3v) is 3.70. The highest BCUT2D eigenvalue weighted by Crippen LogP contribution is 2.19. The van der Waals surface area contributed by atoms with E-state index >= 15 is 0 Å². The number of nitrogens with zero attached hydrogens (tertiary/aromatic N) is 1. The summed E-state index contributed by atoms with van der Waals surface area (Å²) in [6.45, 7) is 4.95. The molecule has 3 heteroatoms. The van der Waals surface area contributed by atoms with Crippen LogP contribution in [0.4, 0.5) is 0 Å². The van der Waals surface area contributed by atoms with Crippen LogP contribution in [0.15, 0.2) is 12.2 Å². The molecule has 1 N–H and O–H groups in total. The van der Waals surface area contributed by atoms with E-state index in [1.165, 1.54) is 19.3 Å². The topological polar surface area (TPSA) is 32.3 Å². The van der Waals surface area contributed by atoms with Gasteiger partial charge in [0.25, 0.3) is 0 Å². The van der Waals surface area contributed by atoms with Gasteiger partial charge in [-0.2, -0.15) is 0 Å². The van der Waals surface area contributed by atoms with E-state index in [0.717, 1.165) is 26.1 Å². The highest BCUT2D eigenvalue weighted by molar-refractivity contribution is 5.79. The Kier molecular flexibility index (Phi) is 3.99. The van der Waals surface area contributed by atoms with E-state index in [-0.39, 0.29) is 5.92 Å². The first kappa shape index (κ1) is 11.6. The Morgan fingerprint density at radius 2 is 2.00 bits per heavy atom. The molecule has 0 aliphatic carbocycles. The first-order valence-corrected chi connectivity index (χ1v) is 6.46. The number of hydrogen-bond donors (Lipinski definition) is 1. The quantitative estimate of drug-likeness (QED) is 0.683. The third-order valence-electron chi connectivity index (χ3n) is 3.70. The lowest BCUT2D eigenvalue weighted by molar-refractivity contribution is -0.137. The Morgan fingerprint density at radius 1 is 1.25 bits per heavy atom. The second-order valence-electron chi connectivity index (χ2n) is 4.90. The van der Waals surface area contributed by atoms with Crippen molar-refractivity contribution in [2.75, 3.05) is 19.6 Å². The largest absolute Gasteiger partial charge is 0.342 e. The molecule has 0 radical (unpaired) electrons. The summed E-state index contributed by atoms with van der Waals surface area (Å²) < 4.78 is 0. The number of carbonyl (C=O) groups is 1. The summed E-state index contributed by atoms with van der Waals surface area (Å²) in [6.07, 6.45) is 8.79. The molecular weight excluding hydrogens is 200 g/mol. The number of hydrogen-bond acceptors (Lipinski definition) is 2. The van der Waals surface area contributed by atoms with Gasteiger partial charge in [-0.25, -0.2) is 0 Å². The fourth-order valence-electron chi connectivity index (χ4n) is 2.59. The molecule has 2 rings (SSSR count). The molecule has 0 aromatic heterocycles. The molecule has 2 aliphatic rings. The van der Waals surface area contributed by atoms with Gasteiger partial charge >= 0.3 is 0 Å². The van der Waals surface area contributed by atoms with Crippen molar-refractivity contribution in [3.63, 3.8) is 0 Å². The molecule has 1 amide bonds. The summed E-state index contributed by atoms with van der Waals surface area (Å²) in [5.41, 5.74) is 0. The molecule has 1 saturated heterocycles. The molecule has 2 atom stereocenters. The maximum atomic E-state index is 12.4. The van der Waals surface area contributed by atoms with Crippen molar-refractivity contribution in [3.8, 4) is 0 Å². The molecule has 90 valence electrons. The maximum absolute atomic E-state index is 12.4. The summed E-state index contributed by atoms with van der Waals surface area (Å²) >= 11 is 0. The molecule has 16 heavy (non-hydrogen) atoms. The van der Waals surface area contributed by atoms with Crippen LogP contribution in [0.25, 0.3) is 0 Å². The Labute approximate surface area is 97.9 Å². The summed E-state index contributed by atoms with van der Waals surface area (Å²) in [5.74, 6) is 0.489. The van der Waals surface area contributed by atoms with Crippen LogP contribution in [0.3, 0.4) is 0 Å². The van der Waals surface area contributed by atoms with E-state index in [9.17, 15) is 4.79 Å². The van der Waals surface area contributed by atoms with Gasteiger partial charge in [-0.15, -0.1) is 0 Å². The summed E-state index contributed by atoms with van der Waals surface area (Å²) in [4.78, 5) is 14.4. The van der Waals surface area contributed by atoms with Crippen molar-refractivity contribution < 1.29 is 4.79 Å². The lowest BCUT2D eigenvalue weighted by atomic mass is 9.95. The molecule has 0 bridgehead atoms. The zero-order valence-corrected chi connectivity index (χ0v) is 10.1. The van der Waals surface area contributed by atoms with E-state index in [2.05, 4.69) is 29.3 Å². The molecule has 0 saturated carbocycles. The number of amides is 1. The SMILES string of the molecule is C[C@H]1NCC=CC[C@H]1C(=O)N1CCCCC1. The molecule has 1 fully saturated rings. The third kappa shape index (κ3) is 2.64. The minimum Gasteiger partial charge on any atom is -0.342 e. The zero-order chi connectivity index (χ0) is 11.4. The van der Waals surface area contributed by atoms with Crippen LogP contribution in [0, 0.1) is 5.92 Å². The molecule has 2 heterocycles. The number of piperidine rings is 1. The first-order chi connectivity index (χ1) is 7.79. The summed E-state index contributed by atoms with van der Waals surface area (Å²) in [7, 11) is 0. The smallest absolute Gasteiger partial charge is 0.227 e. The number of nitrogens with one attached hydrogen (secondary N) is 1. The van der Waals surface area contributed by atoms with Crippen molar-refractivity contribution in [3.05, 3.63) is 12.2 Å². The van der Waals surface area contributed by atoms with Crippen LogP contribution < -0.4 is 5.32 Å². The fourth-order valence-corrected chi connectivity index (χ4v) is 2.59. The van der Waals surface area contributed by atoms with Gasteiger partial charge in [-0.1, -0.05) is 12.2 Å². The number of rotatable bonds is 1. The summed E-state index contributed by atoms with van der Waals surface area (Å²) in [6, 6.07) is 0.296. The molecule has 0 unspecified atom stereocenters. The Balaban J connectivity index is 1.98. The van der Waals surface area contributed by atoms with Gasteiger partial charge in [0.1, 0.15) is 0 Å². The van der Waals surface area contributed by atoms with Gasteiger partial charge < -0.3 is 10.2 Å².